The van der Waals surface area contributed by atoms with Gasteiger partial charge < -0.3 is 14.6 Å². The number of hydrogen-bond acceptors (Lipinski definition) is 3. The summed E-state index contributed by atoms with van der Waals surface area (Å²) < 4.78 is 5.42. The van der Waals surface area contributed by atoms with Gasteiger partial charge in [-0.05, 0) is 38.3 Å². The Morgan fingerprint density at radius 2 is 2.12 bits per heavy atom. The molecule has 4 heteroatoms. The Morgan fingerprint density at radius 1 is 1.35 bits per heavy atom. The molecular formula is C13H20N2O2. The number of carbonyl (C=O) groups excluding carboxylic acids is 1. The quantitative estimate of drug-likeness (QED) is 0.865. The Bertz CT molecular complexity index is 367. The molecule has 0 radical (unpaired) electrons. The van der Waals surface area contributed by atoms with Crippen LogP contribution in [0.2, 0.25) is 0 Å². The molecule has 1 N–H and O–H groups in total. The third kappa shape index (κ3) is 3.60. The second-order valence-corrected chi connectivity index (χ2v) is 4.56. The summed E-state index contributed by atoms with van der Waals surface area (Å²) in [5.74, 6) is 1.99. The zero-order valence-corrected chi connectivity index (χ0v) is 10.4. The number of rotatable bonds is 4. The van der Waals surface area contributed by atoms with Crippen molar-refractivity contribution in [2.24, 2.45) is 0 Å². The van der Waals surface area contributed by atoms with Crippen LogP contribution in [0, 0.1) is 6.92 Å². The molecule has 1 aliphatic heterocycles. The average molecular weight is 236 g/mol. The van der Waals surface area contributed by atoms with Gasteiger partial charge in [-0.1, -0.05) is 0 Å². The predicted molar refractivity (Wildman–Crippen MR) is 65.6 cm³/mol. The molecule has 17 heavy (non-hydrogen) atoms. The van der Waals surface area contributed by atoms with E-state index >= 15 is 0 Å². The molecule has 1 fully saturated rings. The van der Waals surface area contributed by atoms with E-state index in [4.69, 9.17) is 4.42 Å². The molecule has 0 unspecified atom stereocenters. The van der Waals surface area contributed by atoms with E-state index in [1.165, 1.54) is 6.42 Å². The first-order valence-corrected chi connectivity index (χ1v) is 6.29. The number of likely N-dealkylation sites (tertiary alicyclic amines) is 1. The molecule has 1 saturated heterocycles. The normalized spacial score (nSPS) is 16.2. The van der Waals surface area contributed by atoms with Crippen molar-refractivity contribution in [1.82, 2.24) is 10.2 Å². The van der Waals surface area contributed by atoms with Crippen molar-refractivity contribution in [1.29, 1.82) is 0 Å². The summed E-state index contributed by atoms with van der Waals surface area (Å²) in [4.78, 5) is 13.8. The highest BCUT2D eigenvalue weighted by Gasteiger charge is 2.15. The summed E-state index contributed by atoms with van der Waals surface area (Å²) in [5.41, 5.74) is 0. The third-order valence-electron chi connectivity index (χ3n) is 3.08. The van der Waals surface area contributed by atoms with Gasteiger partial charge in [0.2, 0.25) is 5.91 Å². The van der Waals surface area contributed by atoms with Gasteiger partial charge in [-0.3, -0.25) is 4.79 Å². The topological polar surface area (TPSA) is 45.5 Å². The molecule has 1 aliphatic rings. The van der Waals surface area contributed by atoms with E-state index in [0.717, 1.165) is 37.5 Å². The van der Waals surface area contributed by atoms with Gasteiger partial charge in [-0.2, -0.15) is 0 Å². The molecule has 2 heterocycles. The van der Waals surface area contributed by atoms with E-state index in [-0.39, 0.29) is 5.91 Å². The number of nitrogens with one attached hydrogen (secondary N) is 1. The summed E-state index contributed by atoms with van der Waals surface area (Å²) in [6.07, 6.45) is 3.54. The maximum absolute atomic E-state index is 11.8. The Labute approximate surface area is 102 Å². The Hall–Kier alpha value is -1.29. The lowest BCUT2D eigenvalue weighted by molar-refractivity contribution is -0.131. The second-order valence-electron chi connectivity index (χ2n) is 4.56. The summed E-state index contributed by atoms with van der Waals surface area (Å²) in [7, 11) is 0. The van der Waals surface area contributed by atoms with E-state index in [1.807, 2.05) is 24.0 Å². The molecule has 1 amide bonds. The SMILES string of the molecule is Cc1ccc(CNCC(=O)N2CCCCC2)o1. The van der Waals surface area contributed by atoms with Crippen LogP contribution in [0.15, 0.2) is 16.5 Å². The summed E-state index contributed by atoms with van der Waals surface area (Å²) >= 11 is 0. The highest BCUT2D eigenvalue weighted by molar-refractivity contribution is 5.78. The van der Waals surface area contributed by atoms with Gasteiger partial charge in [0, 0.05) is 13.1 Å². The molecule has 2 rings (SSSR count). The van der Waals surface area contributed by atoms with Crippen molar-refractivity contribution in [3.8, 4) is 0 Å². The molecule has 94 valence electrons. The fraction of sp³-hybridized carbons (Fsp3) is 0.615. The molecule has 1 aromatic heterocycles. The Kier molecular flexibility index (Phi) is 4.20. The third-order valence-corrected chi connectivity index (χ3v) is 3.08. The lowest BCUT2D eigenvalue weighted by Gasteiger charge is -2.26. The highest BCUT2D eigenvalue weighted by Crippen LogP contribution is 2.08. The van der Waals surface area contributed by atoms with Crippen molar-refractivity contribution < 1.29 is 9.21 Å². The number of carbonyl (C=O) groups is 1. The largest absolute Gasteiger partial charge is 0.465 e. The molecular weight excluding hydrogens is 216 g/mol. The van der Waals surface area contributed by atoms with E-state index in [0.29, 0.717) is 13.1 Å². The zero-order valence-electron chi connectivity index (χ0n) is 10.4. The van der Waals surface area contributed by atoms with Crippen molar-refractivity contribution >= 4 is 5.91 Å². The van der Waals surface area contributed by atoms with Gasteiger partial charge in [0.1, 0.15) is 11.5 Å². The zero-order chi connectivity index (χ0) is 12.1. The van der Waals surface area contributed by atoms with Gasteiger partial charge in [-0.25, -0.2) is 0 Å². The minimum absolute atomic E-state index is 0.202. The summed E-state index contributed by atoms with van der Waals surface area (Å²) in [6.45, 7) is 4.77. The van der Waals surface area contributed by atoms with Crippen LogP contribution in [-0.2, 0) is 11.3 Å². The fourth-order valence-corrected chi connectivity index (χ4v) is 2.13. The van der Waals surface area contributed by atoms with Crippen molar-refractivity contribution in [3.05, 3.63) is 23.7 Å². The molecule has 0 bridgehead atoms. The monoisotopic (exact) mass is 236 g/mol. The standard InChI is InChI=1S/C13H20N2O2/c1-11-5-6-12(17-11)9-14-10-13(16)15-7-3-2-4-8-15/h5-6,14H,2-4,7-10H2,1H3. The molecule has 1 aromatic rings. The lowest BCUT2D eigenvalue weighted by atomic mass is 10.1. The van der Waals surface area contributed by atoms with Crippen LogP contribution >= 0.6 is 0 Å². The van der Waals surface area contributed by atoms with Crippen molar-refractivity contribution in [3.63, 3.8) is 0 Å². The molecule has 0 atom stereocenters. The number of aryl methyl sites for hydroxylation is 1. The molecule has 0 spiro atoms. The average Bonchev–Trinajstić information content (AvgIpc) is 2.76. The predicted octanol–water partition coefficient (Wildman–Crippen LogP) is 1.69. The minimum atomic E-state index is 0.202. The van der Waals surface area contributed by atoms with Gasteiger partial charge in [0.05, 0.1) is 13.1 Å². The fourth-order valence-electron chi connectivity index (χ4n) is 2.13. The van der Waals surface area contributed by atoms with E-state index in [1.54, 1.807) is 0 Å². The summed E-state index contributed by atoms with van der Waals surface area (Å²) in [6, 6.07) is 3.87. The second kappa shape index (κ2) is 5.87. The molecule has 4 nitrogen and oxygen atoms in total. The van der Waals surface area contributed by atoms with E-state index < -0.39 is 0 Å². The Morgan fingerprint density at radius 3 is 2.76 bits per heavy atom. The number of piperidine rings is 1. The number of amides is 1. The maximum Gasteiger partial charge on any atom is 0.236 e. The van der Waals surface area contributed by atoms with Crippen LogP contribution in [0.3, 0.4) is 0 Å². The van der Waals surface area contributed by atoms with Crippen LogP contribution in [0.1, 0.15) is 30.8 Å². The Balaban J connectivity index is 1.69. The van der Waals surface area contributed by atoms with Crippen LogP contribution in [0.4, 0.5) is 0 Å². The number of furan rings is 1. The first-order chi connectivity index (χ1) is 8.25. The maximum atomic E-state index is 11.8. The number of nitrogens with zero attached hydrogens (tertiary/aromatic N) is 1. The van der Waals surface area contributed by atoms with Crippen LogP contribution in [-0.4, -0.2) is 30.4 Å². The van der Waals surface area contributed by atoms with Crippen molar-refractivity contribution in [2.75, 3.05) is 19.6 Å². The van der Waals surface area contributed by atoms with Gasteiger partial charge in [0.15, 0.2) is 0 Å². The van der Waals surface area contributed by atoms with Crippen LogP contribution in [0.25, 0.3) is 0 Å². The smallest absolute Gasteiger partial charge is 0.236 e. The van der Waals surface area contributed by atoms with Gasteiger partial charge in [0.25, 0.3) is 0 Å². The minimum Gasteiger partial charge on any atom is -0.465 e. The highest BCUT2D eigenvalue weighted by atomic mass is 16.3. The molecule has 0 aliphatic carbocycles. The number of hydrogen-bond donors (Lipinski definition) is 1. The van der Waals surface area contributed by atoms with Gasteiger partial charge in [-0.15, -0.1) is 0 Å². The van der Waals surface area contributed by atoms with E-state index in [2.05, 4.69) is 5.32 Å². The first-order valence-electron chi connectivity index (χ1n) is 6.29. The van der Waals surface area contributed by atoms with Crippen LogP contribution < -0.4 is 5.32 Å². The summed E-state index contributed by atoms with van der Waals surface area (Å²) in [5, 5.41) is 3.13. The van der Waals surface area contributed by atoms with Crippen LogP contribution in [0.5, 0.6) is 0 Å². The van der Waals surface area contributed by atoms with E-state index in [9.17, 15) is 4.79 Å². The first kappa shape index (κ1) is 12.2. The lowest BCUT2D eigenvalue weighted by Crippen LogP contribution is -2.40. The molecule has 0 aromatic carbocycles. The molecule has 0 saturated carbocycles. The van der Waals surface area contributed by atoms with Crippen molar-refractivity contribution in [2.45, 2.75) is 32.7 Å². The van der Waals surface area contributed by atoms with Gasteiger partial charge >= 0.3 is 0 Å².